The lowest BCUT2D eigenvalue weighted by molar-refractivity contribution is -0.385. The largest absolute Gasteiger partial charge is 0.506 e. The molecule has 6 N–H and O–H groups in total. The zero-order valence-corrected chi connectivity index (χ0v) is 80.7. The Bertz CT molecular complexity index is 6270. The van der Waals surface area contributed by atoms with E-state index in [0.717, 1.165) is 89.4 Å². The Balaban J connectivity index is 0.000000193. The SMILES string of the molecule is CC(=NCC(=S)Cc1ccc(C(=O)O)c([N+](=O)[O-])c1)c1csc(-c2ccc(C)cc2)c1O.CC(=NCC(=S)Cc1ccc(C(=O)O)s1)c1csc(-c2ccc(C(C)(C)C)cc2)c1O.COC(=O)c1ccc(CC(=S)CN=C(C)c2csc(-c3ccc(C(C)(C)C)cc3)c2O)s1.COC(=O)c1ccc(CC(=S)CN=C(C)c2csc(-c3ccc(C)cc3)c2O)cc1[N+](=O)[O-]. The summed E-state index contributed by atoms with van der Waals surface area (Å²) in [5.74, 6) is -2.53. The maximum atomic E-state index is 11.7. The van der Waals surface area contributed by atoms with Crippen molar-refractivity contribution in [3.63, 3.8) is 0 Å². The van der Waals surface area contributed by atoms with Gasteiger partial charge in [-0.15, -0.1) is 68.0 Å². The van der Waals surface area contributed by atoms with Gasteiger partial charge in [0.15, 0.2) is 0 Å². The summed E-state index contributed by atoms with van der Waals surface area (Å²) in [6.07, 6.45) is 1.63. The van der Waals surface area contributed by atoms with Crippen LogP contribution in [-0.4, -0.2) is 147 Å². The number of carbonyl (C=O) groups is 4. The highest BCUT2D eigenvalue weighted by atomic mass is 32.1. The predicted molar refractivity (Wildman–Crippen MR) is 538 cm³/mol. The molecule has 0 bridgehead atoms. The van der Waals surface area contributed by atoms with Crippen LogP contribution in [0, 0.1) is 34.1 Å². The Kier molecular flexibility index (Phi) is 35.6. The Morgan fingerprint density at radius 1 is 0.383 bits per heavy atom. The molecule has 0 aliphatic rings. The van der Waals surface area contributed by atoms with E-state index in [-0.39, 0.29) is 76.1 Å². The van der Waals surface area contributed by atoms with Gasteiger partial charge in [0.25, 0.3) is 11.4 Å². The van der Waals surface area contributed by atoms with Crippen LogP contribution in [-0.2, 0) is 46.0 Å². The number of nitro benzene ring substituents is 2. The van der Waals surface area contributed by atoms with Crippen molar-refractivity contribution in [2.75, 3.05) is 40.4 Å². The first-order valence-electron chi connectivity index (χ1n) is 39.6. The van der Waals surface area contributed by atoms with E-state index >= 15 is 0 Å². The number of rotatable bonds is 30. The fourth-order valence-electron chi connectivity index (χ4n) is 12.6. The number of hydrogen-bond acceptors (Lipinski definition) is 28. The summed E-state index contributed by atoms with van der Waals surface area (Å²) in [5.41, 5.74) is 14.2. The van der Waals surface area contributed by atoms with Crippen LogP contribution in [0.2, 0.25) is 0 Å². The Labute approximate surface area is 787 Å². The number of aryl methyl sites for hydroxylation is 2. The molecule has 0 aliphatic heterocycles. The molecule has 12 rings (SSSR count). The molecule has 0 spiro atoms. The van der Waals surface area contributed by atoms with Crippen molar-refractivity contribution in [2.45, 2.75) is 120 Å². The van der Waals surface area contributed by atoms with Crippen LogP contribution in [0.25, 0.3) is 41.8 Å². The third-order valence-electron chi connectivity index (χ3n) is 19.9. The van der Waals surface area contributed by atoms with Gasteiger partial charge in [0.2, 0.25) is 0 Å². The Hall–Kier alpha value is -11.6. The molecule has 32 heteroatoms. The molecular formula is C96H94N6O16S10. The van der Waals surface area contributed by atoms with Crippen molar-refractivity contribution in [3.05, 3.63) is 286 Å². The number of thiophene rings is 6. The first-order valence-corrected chi connectivity index (χ1v) is 46.4. The molecule has 0 amide bonds. The van der Waals surface area contributed by atoms with Gasteiger partial charge in [0, 0.05) is 134 Å². The summed E-state index contributed by atoms with van der Waals surface area (Å²) >= 11 is 30.2. The van der Waals surface area contributed by atoms with Crippen molar-refractivity contribution in [1.29, 1.82) is 0 Å². The van der Waals surface area contributed by atoms with E-state index in [0.29, 0.717) is 91.1 Å². The number of nitrogens with zero attached hydrogens (tertiary/aromatic N) is 6. The molecule has 22 nitrogen and oxygen atoms in total. The standard InChI is InChI=1S/C25H27NO3S3.C24H22N2O5S2.C24H25NO3S3.C23H20N2O5S2/c1-15(26-13-18(30)12-19-10-11-21(32-19)24(28)29-5)20-14-31-23(22(20)27)16-6-8-17(9-7-16)25(2,3)4;1-14-4-7-17(8-5-14)23-22(27)20(13-33-23)15(2)25-12-18(32)10-16-6-9-19(24(28)31-3)21(11-16)26(29)30;1-14(25-12-17(29)11-18-9-10-20(31-18)23(27)28)19-13-30-22(21(19)26)15-5-7-16(8-6-15)24(2,3)4;1-13-3-6-16(7-4-13)22-21(26)19(12-32-22)14(2)24-11-17(31)9-15-5-8-18(23(27)28)20(10-15)25(29)30/h6-11,14,27H,12-13H2,1-5H3;4-9,11,13,27H,10,12H2,1-3H3;5-10,13,26H,11-12H2,1-4H3,(H,27,28);3-8,10,12,26H,9,11H2,1-2H3,(H,27,28). The van der Waals surface area contributed by atoms with Gasteiger partial charge < -0.3 is 40.1 Å². The second-order valence-corrected chi connectivity index (χ2v) is 39.7. The smallest absolute Gasteiger partial charge is 0.348 e. The molecule has 0 radical (unpaired) electrons. The fourth-order valence-corrected chi connectivity index (χ4v) is 19.5. The minimum atomic E-state index is -1.35. The third kappa shape index (κ3) is 27.3. The van der Waals surface area contributed by atoms with E-state index in [4.69, 9.17) is 63.8 Å². The van der Waals surface area contributed by atoms with Crippen molar-refractivity contribution in [1.82, 2.24) is 0 Å². The minimum Gasteiger partial charge on any atom is -0.506 e. The number of carboxylic acid groups (broad SMARTS) is 2. The normalized spacial score (nSPS) is 11.7. The Morgan fingerprint density at radius 2 is 0.672 bits per heavy atom. The van der Waals surface area contributed by atoms with Gasteiger partial charge in [0.05, 0.1) is 69.8 Å². The molecule has 6 aromatic heterocycles. The van der Waals surface area contributed by atoms with Crippen LogP contribution in [0.3, 0.4) is 0 Å². The van der Waals surface area contributed by atoms with Gasteiger partial charge in [-0.25, -0.2) is 19.2 Å². The van der Waals surface area contributed by atoms with Gasteiger partial charge in [-0.05, 0) is 133 Å². The lowest BCUT2D eigenvalue weighted by Crippen LogP contribution is -2.10. The van der Waals surface area contributed by atoms with Crippen molar-refractivity contribution < 1.29 is 69.1 Å². The molecular weight excluding hydrogens is 1810 g/mol. The molecule has 0 saturated heterocycles. The van der Waals surface area contributed by atoms with Crippen LogP contribution < -0.4 is 0 Å². The van der Waals surface area contributed by atoms with Gasteiger partial charge >= 0.3 is 23.9 Å². The molecule has 0 fully saturated rings. The summed E-state index contributed by atoms with van der Waals surface area (Å²) in [6, 6.07) is 47.8. The average molecular weight is 1910 g/mol. The van der Waals surface area contributed by atoms with E-state index in [1.807, 2.05) is 116 Å². The number of carbonyl (C=O) groups excluding carboxylic acids is 2. The van der Waals surface area contributed by atoms with Gasteiger partial charge in [-0.1, -0.05) is 211 Å². The quantitative estimate of drug-likeness (QED) is 0.00800. The fraction of sp³-hybridized carbons (Fsp3) is 0.250. The lowest BCUT2D eigenvalue weighted by Gasteiger charge is -2.19. The maximum absolute atomic E-state index is 11.7. The lowest BCUT2D eigenvalue weighted by atomic mass is 9.86. The van der Waals surface area contributed by atoms with Crippen LogP contribution in [0.4, 0.5) is 11.4 Å². The minimum absolute atomic E-state index is 0.0845. The summed E-state index contributed by atoms with van der Waals surface area (Å²) < 4.78 is 9.34. The molecule has 0 unspecified atom stereocenters. The number of aromatic hydroxyl groups is 4. The van der Waals surface area contributed by atoms with Crippen LogP contribution >= 0.6 is 117 Å². The summed E-state index contributed by atoms with van der Waals surface area (Å²) in [5, 5.41) is 91.1. The maximum Gasteiger partial charge on any atom is 0.348 e. The van der Waals surface area contributed by atoms with E-state index in [2.05, 4.69) is 103 Å². The second-order valence-electron chi connectivity index (χ2n) is 31.5. The molecule has 664 valence electrons. The number of nitro groups is 2. The van der Waals surface area contributed by atoms with E-state index in [1.165, 1.54) is 124 Å². The first kappa shape index (κ1) is 100. The number of ether oxygens (including phenoxy) is 2. The molecule has 0 aliphatic carbocycles. The number of hydrogen-bond donors (Lipinski definition) is 6. The average Bonchev–Trinajstić information content (AvgIpc) is 1.56. The van der Waals surface area contributed by atoms with E-state index in [9.17, 15) is 59.8 Å². The number of carboxylic acids is 2. The third-order valence-corrected chi connectivity index (χ3v) is 27.2. The number of aliphatic imine (C=N–C) groups is 4. The number of esters is 2. The zero-order valence-electron chi connectivity index (χ0n) is 72.5. The van der Waals surface area contributed by atoms with Gasteiger partial charge in [-0.2, -0.15) is 0 Å². The van der Waals surface area contributed by atoms with E-state index in [1.54, 1.807) is 38.1 Å². The monoisotopic (exact) mass is 1910 g/mol. The van der Waals surface area contributed by atoms with Crippen LogP contribution in [0.15, 0.2) is 199 Å². The van der Waals surface area contributed by atoms with Crippen molar-refractivity contribution in [3.8, 4) is 64.8 Å². The molecule has 128 heavy (non-hydrogen) atoms. The molecule has 12 aromatic rings. The van der Waals surface area contributed by atoms with Crippen molar-refractivity contribution >= 4 is 194 Å². The number of aromatic carboxylic acids is 2. The summed E-state index contributed by atoms with van der Waals surface area (Å²) in [6.45, 7) is 25.6. The van der Waals surface area contributed by atoms with Gasteiger partial charge in [0.1, 0.15) is 43.9 Å². The predicted octanol–water partition coefficient (Wildman–Crippen LogP) is 24.3. The topological polar surface area (TPSA) is 344 Å². The highest BCUT2D eigenvalue weighted by molar-refractivity contribution is 7.81. The zero-order chi connectivity index (χ0) is 93.8. The summed E-state index contributed by atoms with van der Waals surface area (Å²) in [4.78, 5) is 93.3. The first-order chi connectivity index (χ1) is 60.5. The molecule has 0 saturated carbocycles. The highest BCUT2D eigenvalue weighted by Crippen LogP contribution is 2.44. The van der Waals surface area contributed by atoms with Gasteiger partial charge in [-0.3, -0.25) is 40.2 Å². The number of benzene rings is 6. The summed E-state index contributed by atoms with van der Waals surface area (Å²) in [7, 11) is 2.54. The molecule has 6 aromatic carbocycles. The highest BCUT2D eigenvalue weighted by Gasteiger charge is 2.26. The number of thiocarbonyl (C=S) groups is 4. The molecule has 0 atom stereocenters. The molecule has 6 heterocycles. The van der Waals surface area contributed by atoms with Crippen LogP contribution in [0.1, 0.15) is 175 Å². The van der Waals surface area contributed by atoms with E-state index < -0.39 is 33.4 Å². The Morgan fingerprint density at radius 3 is 0.961 bits per heavy atom. The second kappa shape index (κ2) is 45.4. The number of methoxy groups -OCH3 is 2. The van der Waals surface area contributed by atoms with Crippen LogP contribution in [0.5, 0.6) is 23.0 Å². The van der Waals surface area contributed by atoms with Crippen molar-refractivity contribution in [2.24, 2.45) is 20.0 Å².